The third-order valence-electron chi connectivity index (χ3n) is 2.61. The molecule has 0 saturated heterocycles. The predicted octanol–water partition coefficient (Wildman–Crippen LogP) is 3.36. The summed E-state index contributed by atoms with van der Waals surface area (Å²) >= 11 is 5.83. The summed E-state index contributed by atoms with van der Waals surface area (Å²) in [7, 11) is 0. The minimum absolute atomic E-state index is 0.417. The number of rotatable bonds is 5. The highest BCUT2D eigenvalue weighted by atomic mass is 35.5. The van der Waals surface area contributed by atoms with Gasteiger partial charge in [0.25, 0.3) is 0 Å². The van der Waals surface area contributed by atoms with E-state index in [2.05, 4.69) is 34.6 Å². The highest BCUT2D eigenvalue weighted by Crippen LogP contribution is 2.15. The number of aromatic nitrogens is 1. The number of nitrogens with two attached hydrogens (primary N) is 1. The van der Waals surface area contributed by atoms with Crippen LogP contribution in [-0.4, -0.2) is 11.5 Å². The Morgan fingerprint density at radius 3 is 2.67 bits per heavy atom. The molecule has 0 atom stereocenters. The summed E-state index contributed by atoms with van der Waals surface area (Å²) in [4.78, 5) is 4.15. The Balaban J connectivity index is 1.78. The average Bonchev–Trinajstić information content (AvgIpc) is 2.35. The smallest absolute Gasteiger partial charge is 0.133 e. The number of nitrogen functional groups attached to an aromatic ring is 1. The molecule has 4 heteroatoms. The SMILES string of the molecule is Nc1cc(Cl)nc(NCCCc2ccccc2)c1. The van der Waals surface area contributed by atoms with Crippen molar-refractivity contribution in [3.8, 4) is 0 Å². The van der Waals surface area contributed by atoms with Gasteiger partial charge in [-0.05, 0) is 24.5 Å². The first-order valence-electron chi connectivity index (χ1n) is 5.95. The van der Waals surface area contributed by atoms with Crippen molar-refractivity contribution in [2.75, 3.05) is 17.6 Å². The van der Waals surface area contributed by atoms with Crippen LogP contribution in [0, 0.1) is 0 Å². The zero-order valence-electron chi connectivity index (χ0n) is 10.1. The van der Waals surface area contributed by atoms with Gasteiger partial charge in [-0.3, -0.25) is 0 Å². The molecule has 1 heterocycles. The van der Waals surface area contributed by atoms with Crippen LogP contribution in [0.4, 0.5) is 11.5 Å². The van der Waals surface area contributed by atoms with E-state index in [1.807, 2.05) is 6.07 Å². The third-order valence-corrected chi connectivity index (χ3v) is 2.80. The Labute approximate surface area is 112 Å². The zero-order valence-corrected chi connectivity index (χ0v) is 10.8. The van der Waals surface area contributed by atoms with Gasteiger partial charge in [-0.25, -0.2) is 4.98 Å². The fourth-order valence-corrected chi connectivity index (χ4v) is 1.98. The van der Waals surface area contributed by atoms with Gasteiger partial charge in [0.2, 0.25) is 0 Å². The molecule has 0 aliphatic carbocycles. The Kier molecular flexibility index (Phi) is 4.42. The molecule has 0 bridgehead atoms. The van der Waals surface area contributed by atoms with Gasteiger partial charge in [-0.2, -0.15) is 0 Å². The van der Waals surface area contributed by atoms with Crippen molar-refractivity contribution in [3.05, 3.63) is 53.2 Å². The number of aryl methyl sites for hydroxylation is 1. The van der Waals surface area contributed by atoms with Crippen molar-refractivity contribution < 1.29 is 0 Å². The van der Waals surface area contributed by atoms with Crippen LogP contribution < -0.4 is 11.1 Å². The minimum atomic E-state index is 0.417. The number of hydrogen-bond acceptors (Lipinski definition) is 3. The third kappa shape index (κ3) is 3.93. The number of hydrogen-bond donors (Lipinski definition) is 2. The lowest BCUT2D eigenvalue weighted by Gasteiger charge is -2.07. The van der Waals surface area contributed by atoms with E-state index in [9.17, 15) is 0 Å². The number of nitrogens with one attached hydrogen (secondary N) is 1. The van der Waals surface area contributed by atoms with Crippen LogP contribution in [0.2, 0.25) is 5.15 Å². The number of anilines is 2. The average molecular weight is 262 g/mol. The molecular weight excluding hydrogens is 246 g/mol. The first-order chi connectivity index (χ1) is 8.74. The lowest BCUT2D eigenvalue weighted by atomic mass is 10.1. The fourth-order valence-electron chi connectivity index (χ4n) is 1.76. The molecule has 1 aromatic heterocycles. The Morgan fingerprint density at radius 2 is 1.94 bits per heavy atom. The second kappa shape index (κ2) is 6.26. The predicted molar refractivity (Wildman–Crippen MR) is 76.9 cm³/mol. The molecule has 0 fully saturated rings. The molecule has 0 aliphatic heterocycles. The quantitative estimate of drug-likeness (QED) is 0.641. The molecule has 0 spiro atoms. The zero-order chi connectivity index (χ0) is 12.8. The summed E-state index contributed by atoms with van der Waals surface area (Å²) in [5.74, 6) is 0.730. The minimum Gasteiger partial charge on any atom is -0.399 e. The monoisotopic (exact) mass is 261 g/mol. The second-order valence-electron chi connectivity index (χ2n) is 4.12. The normalized spacial score (nSPS) is 10.3. The molecule has 2 aromatic rings. The van der Waals surface area contributed by atoms with Gasteiger partial charge in [0.15, 0.2) is 0 Å². The fraction of sp³-hybridized carbons (Fsp3) is 0.214. The van der Waals surface area contributed by atoms with Crippen LogP contribution >= 0.6 is 11.6 Å². The molecule has 2 rings (SSSR count). The summed E-state index contributed by atoms with van der Waals surface area (Å²) in [5, 5.41) is 3.64. The van der Waals surface area contributed by atoms with E-state index in [4.69, 9.17) is 17.3 Å². The lowest BCUT2D eigenvalue weighted by Crippen LogP contribution is -2.05. The Hall–Kier alpha value is -1.74. The second-order valence-corrected chi connectivity index (χ2v) is 4.51. The first kappa shape index (κ1) is 12.7. The van der Waals surface area contributed by atoms with E-state index < -0.39 is 0 Å². The van der Waals surface area contributed by atoms with Gasteiger partial charge >= 0.3 is 0 Å². The largest absolute Gasteiger partial charge is 0.399 e. The van der Waals surface area contributed by atoms with Gasteiger partial charge < -0.3 is 11.1 Å². The van der Waals surface area contributed by atoms with Crippen molar-refractivity contribution in [1.82, 2.24) is 4.98 Å². The highest BCUT2D eigenvalue weighted by Gasteiger charge is 1.98. The van der Waals surface area contributed by atoms with Gasteiger partial charge in [-0.1, -0.05) is 41.9 Å². The highest BCUT2D eigenvalue weighted by molar-refractivity contribution is 6.29. The maximum absolute atomic E-state index is 5.83. The van der Waals surface area contributed by atoms with Gasteiger partial charge in [0, 0.05) is 18.3 Å². The Bertz CT molecular complexity index is 479. The van der Waals surface area contributed by atoms with Crippen LogP contribution in [0.3, 0.4) is 0 Å². The maximum Gasteiger partial charge on any atom is 0.133 e. The van der Waals surface area contributed by atoms with Gasteiger partial charge in [0.05, 0.1) is 0 Å². The van der Waals surface area contributed by atoms with Crippen LogP contribution in [0.5, 0.6) is 0 Å². The van der Waals surface area contributed by atoms with Crippen molar-refractivity contribution in [3.63, 3.8) is 0 Å². The molecule has 3 nitrogen and oxygen atoms in total. The van der Waals surface area contributed by atoms with E-state index >= 15 is 0 Å². The van der Waals surface area contributed by atoms with Gasteiger partial charge in [0.1, 0.15) is 11.0 Å². The number of benzene rings is 1. The summed E-state index contributed by atoms with van der Waals surface area (Å²) in [5.41, 5.74) is 7.66. The molecule has 1 aromatic carbocycles. The van der Waals surface area contributed by atoms with E-state index in [1.165, 1.54) is 5.56 Å². The molecular formula is C14H16ClN3. The van der Waals surface area contributed by atoms with Crippen molar-refractivity contribution >= 4 is 23.1 Å². The van der Waals surface area contributed by atoms with E-state index in [0.29, 0.717) is 10.8 Å². The summed E-state index contributed by atoms with van der Waals surface area (Å²) in [6.07, 6.45) is 2.09. The lowest BCUT2D eigenvalue weighted by molar-refractivity contribution is 0.859. The Morgan fingerprint density at radius 1 is 1.17 bits per heavy atom. The molecule has 0 radical (unpaired) electrons. The number of halogens is 1. The molecule has 0 unspecified atom stereocenters. The van der Waals surface area contributed by atoms with Crippen LogP contribution in [0.1, 0.15) is 12.0 Å². The number of nitrogens with zero attached hydrogens (tertiary/aromatic N) is 1. The van der Waals surface area contributed by atoms with Crippen LogP contribution in [0.25, 0.3) is 0 Å². The molecule has 0 amide bonds. The van der Waals surface area contributed by atoms with Crippen molar-refractivity contribution in [2.24, 2.45) is 0 Å². The van der Waals surface area contributed by atoms with E-state index in [1.54, 1.807) is 12.1 Å². The van der Waals surface area contributed by atoms with E-state index in [0.717, 1.165) is 25.2 Å². The standard InChI is InChI=1S/C14H16ClN3/c15-13-9-12(16)10-14(18-13)17-8-4-7-11-5-2-1-3-6-11/h1-3,5-6,9-10H,4,7-8H2,(H3,16,17,18). The topological polar surface area (TPSA) is 50.9 Å². The molecule has 0 aliphatic rings. The van der Waals surface area contributed by atoms with Crippen molar-refractivity contribution in [1.29, 1.82) is 0 Å². The van der Waals surface area contributed by atoms with Crippen molar-refractivity contribution in [2.45, 2.75) is 12.8 Å². The maximum atomic E-state index is 5.83. The van der Waals surface area contributed by atoms with Crippen LogP contribution in [0.15, 0.2) is 42.5 Å². The molecule has 18 heavy (non-hydrogen) atoms. The molecule has 3 N–H and O–H groups in total. The van der Waals surface area contributed by atoms with Crippen LogP contribution in [-0.2, 0) is 6.42 Å². The molecule has 0 saturated carbocycles. The summed E-state index contributed by atoms with van der Waals surface area (Å²) in [6.45, 7) is 0.849. The molecule has 94 valence electrons. The van der Waals surface area contributed by atoms with Gasteiger partial charge in [-0.15, -0.1) is 0 Å². The first-order valence-corrected chi connectivity index (χ1v) is 6.33. The van der Waals surface area contributed by atoms with E-state index in [-0.39, 0.29) is 0 Å². The summed E-state index contributed by atoms with van der Waals surface area (Å²) in [6, 6.07) is 13.8. The number of pyridine rings is 1. The summed E-state index contributed by atoms with van der Waals surface area (Å²) < 4.78 is 0.